The van der Waals surface area contributed by atoms with Gasteiger partial charge in [0.15, 0.2) is 0 Å². The second-order valence-corrected chi connectivity index (χ2v) is 6.08. The van der Waals surface area contributed by atoms with Gasteiger partial charge in [-0.1, -0.05) is 6.07 Å². The number of hydrogen-bond acceptors (Lipinski definition) is 3. The fourth-order valence-corrected chi connectivity index (χ4v) is 2.59. The number of ketones is 1. The van der Waals surface area contributed by atoms with Gasteiger partial charge in [0.2, 0.25) is 0 Å². The van der Waals surface area contributed by atoms with Gasteiger partial charge in [-0.3, -0.25) is 14.3 Å². The maximum absolute atomic E-state index is 12.3. The minimum absolute atomic E-state index is 0.372. The van der Waals surface area contributed by atoms with Crippen molar-refractivity contribution in [3.63, 3.8) is 0 Å². The molecule has 0 saturated carbocycles. The molecule has 1 aromatic heterocycles. The number of amides is 1. The molecule has 0 saturated heterocycles. The molecule has 0 atom stereocenters. The van der Waals surface area contributed by atoms with E-state index in [0.29, 0.717) is 22.6 Å². The number of rotatable bonds is 3. The molecule has 0 bridgehead atoms. The predicted octanol–water partition coefficient (Wildman–Crippen LogP) is 2.77. The van der Waals surface area contributed by atoms with Crippen LogP contribution in [0.4, 0.5) is 5.69 Å². The first-order valence-electron chi connectivity index (χ1n) is 6.43. The summed E-state index contributed by atoms with van der Waals surface area (Å²) in [6.07, 6.45) is 0. The summed E-state index contributed by atoms with van der Waals surface area (Å²) in [6, 6.07) is 5.53. The van der Waals surface area contributed by atoms with Crippen LogP contribution in [-0.4, -0.2) is 21.5 Å². The number of hydrogen-bond donors (Lipinski definition) is 1. The monoisotopic (exact) mass is 397 g/mol. The lowest BCUT2D eigenvalue weighted by molar-refractivity contribution is -0.112. The summed E-state index contributed by atoms with van der Waals surface area (Å²) in [4.78, 5) is 24.4. The quantitative estimate of drug-likeness (QED) is 0.492. The number of halogens is 1. The van der Waals surface area contributed by atoms with Crippen LogP contribution in [0.3, 0.4) is 0 Å². The largest absolute Gasteiger partial charge is 0.319 e. The Morgan fingerprint density at radius 2 is 1.90 bits per heavy atom. The van der Waals surface area contributed by atoms with Gasteiger partial charge >= 0.3 is 0 Å². The summed E-state index contributed by atoms with van der Waals surface area (Å²) in [5.41, 5.74) is 3.36. The van der Waals surface area contributed by atoms with Crippen LogP contribution in [0.2, 0.25) is 0 Å². The number of carbonyl (C=O) groups is 2. The lowest BCUT2D eigenvalue weighted by Crippen LogP contribution is -2.24. The van der Waals surface area contributed by atoms with Gasteiger partial charge in [0.05, 0.1) is 11.3 Å². The van der Waals surface area contributed by atoms with Crippen molar-refractivity contribution in [1.82, 2.24) is 9.78 Å². The first-order valence-corrected chi connectivity index (χ1v) is 7.51. The zero-order chi connectivity index (χ0) is 15.7. The molecule has 2 rings (SSSR count). The fraction of sp³-hybridized carbons (Fsp3) is 0.267. The molecule has 1 N–H and O–H groups in total. The SMILES string of the molecule is Cc1ccc(NC(=O)C(=O)c2c(C)nn(C)c2C)cc1I. The number of aryl methyl sites for hydroxylation is 3. The van der Waals surface area contributed by atoms with E-state index in [1.807, 2.05) is 19.1 Å². The van der Waals surface area contributed by atoms with E-state index < -0.39 is 11.7 Å². The Hall–Kier alpha value is -1.70. The van der Waals surface area contributed by atoms with Crippen LogP contribution in [0.25, 0.3) is 0 Å². The summed E-state index contributed by atoms with van der Waals surface area (Å²) < 4.78 is 2.64. The third kappa shape index (κ3) is 3.15. The van der Waals surface area contributed by atoms with Gasteiger partial charge in [0.1, 0.15) is 0 Å². The minimum Gasteiger partial charge on any atom is -0.319 e. The highest BCUT2D eigenvalue weighted by molar-refractivity contribution is 14.1. The van der Waals surface area contributed by atoms with Crippen molar-refractivity contribution in [2.75, 3.05) is 5.32 Å². The van der Waals surface area contributed by atoms with E-state index in [0.717, 1.165) is 9.13 Å². The van der Waals surface area contributed by atoms with E-state index in [4.69, 9.17) is 0 Å². The Morgan fingerprint density at radius 1 is 1.24 bits per heavy atom. The van der Waals surface area contributed by atoms with Crippen molar-refractivity contribution in [2.24, 2.45) is 7.05 Å². The molecule has 1 amide bonds. The van der Waals surface area contributed by atoms with Gasteiger partial charge in [-0.05, 0) is 61.1 Å². The maximum atomic E-state index is 12.3. The highest BCUT2D eigenvalue weighted by atomic mass is 127. The van der Waals surface area contributed by atoms with Crippen LogP contribution in [-0.2, 0) is 11.8 Å². The van der Waals surface area contributed by atoms with Gasteiger partial charge in [-0.25, -0.2) is 0 Å². The summed E-state index contributed by atoms with van der Waals surface area (Å²) in [5.74, 6) is -1.21. The Bertz CT molecular complexity index is 735. The minimum atomic E-state index is -0.645. The smallest absolute Gasteiger partial charge is 0.296 e. The number of nitrogens with one attached hydrogen (secondary N) is 1. The first kappa shape index (κ1) is 15.7. The van der Waals surface area contributed by atoms with Gasteiger partial charge < -0.3 is 5.32 Å². The molecule has 1 aromatic carbocycles. The van der Waals surface area contributed by atoms with E-state index in [2.05, 4.69) is 33.0 Å². The Kier molecular flexibility index (Phi) is 4.46. The summed E-state index contributed by atoms with van der Waals surface area (Å²) >= 11 is 2.19. The molecule has 0 fully saturated rings. The van der Waals surface area contributed by atoms with Crippen molar-refractivity contribution in [2.45, 2.75) is 20.8 Å². The highest BCUT2D eigenvalue weighted by Gasteiger charge is 2.23. The van der Waals surface area contributed by atoms with Crippen LogP contribution in [0.15, 0.2) is 18.2 Å². The molecular formula is C15H16IN3O2. The molecule has 0 spiro atoms. The third-order valence-electron chi connectivity index (χ3n) is 3.37. The van der Waals surface area contributed by atoms with Gasteiger partial charge in [-0.2, -0.15) is 5.10 Å². The van der Waals surface area contributed by atoms with E-state index in [-0.39, 0.29) is 0 Å². The average molecular weight is 397 g/mol. The molecule has 5 nitrogen and oxygen atoms in total. The lowest BCUT2D eigenvalue weighted by atomic mass is 10.1. The Morgan fingerprint density at radius 3 is 2.43 bits per heavy atom. The molecule has 0 aliphatic carbocycles. The molecule has 0 unspecified atom stereocenters. The van der Waals surface area contributed by atoms with Crippen LogP contribution in [0, 0.1) is 24.3 Å². The molecule has 1 heterocycles. The van der Waals surface area contributed by atoms with Gasteiger partial charge in [0, 0.05) is 22.0 Å². The number of nitrogens with zero attached hydrogens (tertiary/aromatic N) is 2. The fourth-order valence-electron chi connectivity index (χ4n) is 2.07. The van der Waals surface area contributed by atoms with Gasteiger partial charge in [-0.15, -0.1) is 0 Å². The molecule has 6 heteroatoms. The molecule has 0 radical (unpaired) electrons. The first-order chi connectivity index (χ1) is 9.81. The summed E-state index contributed by atoms with van der Waals surface area (Å²) in [7, 11) is 1.75. The number of aromatic nitrogens is 2. The molecule has 110 valence electrons. The van der Waals surface area contributed by atoms with Crippen molar-refractivity contribution >= 4 is 40.0 Å². The molecule has 0 aliphatic heterocycles. The van der Waals surface area contributed by atoms with E-state index >= 15 is 0 Å². The van der Waals surface area contributed by atoms with Crippen molar-refractivity contribution in [3.05, 3.63) is 44.3 Å². The Balaban J connectivity index is 2.23. The lowest BCUT2D eigenvalue weighted by Gasteiger charge is -2.06. The number of anilines is 1. The van der Waals surface area contributed by atoms with Crippen molar-refractivity contribution < 1.29 is 9.59 Å². The summed E-state index contributed by atoms with van der Waals surface area (Å²) in [6.45, 7) is 5.48. The zero-order valence-electron chi connectivity index (χ0n) is 12.3. The predicted molar refractivity (Wildman–Crippen MR) is 89.5 cm³/mol. The molecule has 0 aliphatic rings. The number of Topliss-reactive ketones (excluding diaryl/α,β-unsaturated/α-hetero) is 1. The number of carbonyl (C=O) groups excluding carboxylic acids is 2. The third-order valence-corrected chi connectivity index (χ3v) is 4.53. The highest BCUT2D eigenvalue weighted by Crippen LogP contribution is 2.18. The summed E-state index contributed by atoms with van der Waals surface area (Å²) in [5, 5.41) is 6.80. The van der Waals surface area contributed by atoms with Crippen LogP contribution in [0.1, 0.15) is 27.3 Å². The van der Waals surface area contributed by atoms with Gasteiger partial charge in [0.25, 0.3) is 11.7 Å². The van der Waals surface area contributed by atoms with Crippen LogP contribution >= 0.6 is 22.6 Å². The van der Waals surface area contributed by atoms with Crippen LogP contribution < -0.4 is 5.32 Å². The topological polar surface area (TPSA) is 64.0 Å². The van der Waals surface area contributed by atoms with Crippen molar-refractivity contribution in [3.8, 4) is 0 Å². The molecule has 21 heavy (non-hydrogen) atoms. The Labute approximate surface area is 136 Å². The second kappa shape index (κ2) is 5.97. The van der Waals surface area contributed by atoms with Crippen molar-refractivity contribution in [1.29, 1.82) is 0 Å². The zero-order valence-corrected chi connectivity index (χ0v) is 14.5. The number of benzene rings is 1. The van der Waals surface area contributed by atoms with E-state index in [1.54, 1.807) is 31.6 Å². The van der Waals surface area contributed by atoms with E-state index in [1.165, 1.54) is 0 Å². The second-order valence-electron chi connectivity index (χ2n) is 4.92. The average Bonchev–Trinajstić information content (AvgIpc) is 2.67. The molecular weight excluding hydrogens is 381 g/mol. The standard InChI is InChI=1S/C15H16IN3O2/c1-8-5-6-11(7-12(8)16)17-15(21)14(20)13-9(2)18-19(4)10(13)3/h5-7H,1-4H3,(H,17,21). The molecule has 2 aromatic rings. The maximum Gasteiger partial charge on any atom is 0.296 e. The van der Waals surface area contributed by atoms with E-state index in [9.17, 15) is 9.59 Å². The normalized spacial score (nSPS) is 10.5. The van der Waals surface area contributed by atoms with Crippen LogP contribution in [0.5, 0.6) is 0 Å².